The third-order valence-electron chi connectivity index (χ3n) is 6.26. The van der Waals surface area contributed by atoms with Crippen molar-refractivity contribution in [2.75, 3.05) is 40.7 Å². The second kappa shape index (κ2) is 10.0. The van der Waals surface area contributed by atoms with Gasteiger partial charge in [0.2, 0.25) is 0 Å². The molecule has 1 fully saturated rings. The summed E-state index contributed by atoms with van der Waals surface area (Å²) in [5, 5.41) is 9.39. The lowest BCUT2D eigenvalue weighted by molar-refractivity contribution is 0.0207. The molecule has 1 heterocycles. The zero-order chi connectivity index (χ0) is 20.0. The summed E-state index contributed by atoms with van der Waals surface area (Å²) in [6, 6.07) is 6.93. The van der Waals surface area contributed by atoms with Crippen molar-refractivity contribution in [3.63, 3.8) is 0 Å². The molecule has 0 radical (unpaired) electrons. The molecule has 1 N–H and O–H groups in total. The van der Waals surface area contributed by atoms with Gasteiger partial charge in [-0.3, -0.25) is 9.80 Å². The van der Waals surface area contributed by atoms with Crippen molar-refractivity contribution < 1.29 is 9.84 Å². The van der Waals surface area contributed by atoms with Gasteiger partial charge >= 0.3 is 0 Å². The molecule has 1 aliphatic heterocycles. The van der Waals surface area contributed by atoms with Crippen LogP contribution in [0.5, 0.6) is 0 Å². The first-order valence-corrected chi connectivity index (χ1v) is 10.4. The number of aliphatic hydroxyl groups is 1. The zero-order valence-electron chi connectivity index (χ0n) is 18.3. The maximum absolute atomic E-state index is 9.39. The largest absolute Gasteiger partial charge is 0.381 e. The summed E-state index contributed by atoms with van der Waals surface area (Å²) in [6.45, 7) is 12.9. The number of hydrogen-bond donors (Lipinski definition) is 1. The van der Waals surface area contributed by atoms with Crippen LogP contribution in [-0.4, -0.2) is 55.6 Å². The number of aliphatic hydroxyl groups excluding tert-OH is 1. The van der Waals surface area contributed by atoms with Crippen LogP contribution in [0.3, 0.4) is 0 Å². The molecular weight excluding hydrogens is 336 g/mol. The first-order valence-electron chi connectivity index (χ1n) is 10.4. The van der Waals surface area contributed by atoms with Crippen LogP contribution in [0.25, 0.3) is 0 Å². The fourth-order valence-corrected chi connectivity index (χ4v) is 4.39. The molecule has 0 bridgehead atoms. The van der Waals surface area contributed by atoms with Gasteiger partial charge in [0, 0.05) is 19.7 Å². The van der Waals surface area contributed by atoms with Crippen molar-refractivity contribution in [3.05, 3.63) is 34.9 Å². The average molecular weight is 377 g/mol. The van der Waals surface area contributed by atoms with Crippen molar-refractivity contribution in [1.29, 1.82) is 0 Å². The normalized spacial score (nSPS) is 23.6. The molecule has 0 spiro atoms. The van der Waals surface area contributed by atoms with E-state index in [1.54, 1.807) is 0 Å². The summed E-state index contributed by atoms with van der Waals surface area (Å²) in [7, 11) is 4.11. The summed E-state index contributed by atoms with van der Waals surface area (Å²) < 4.78 is 5.83. The van der Waals surface area contributed by atoms with Gasteiger partial charge in [-0.15, -0.1) is 0 Å². The van der Waals surface area contributed by atoms with Crippen LogP contribution in [0.2, 0.25) is 0 Å². The third kappa shape index (κ3) is 6.28. The van der Waals surface area contributed by atoms with Crippen LogP contribution in [-0.2, 0) is 16.7 Å². The number of hydrogen-bond acceptors (Lipinski definition) is 4. The van der Waals surface area contributed by atoms with Crippen molar-refractivity contribution in [1.82, 2.24) is 9.80 Å². The Morgan fingerprint density at radius 2 is 2.07 bits per heavy atom. The monoisotopic (exact) mass is 376 g/mol. The molecule has 0 aliphatic carbocycles. The molecule has 1 aliphatic rings. The second-order valence-electron chi connectivity index (χ2n) is 9.27. The van der Waals surface area contributed by atoms with Crippen LogP contribution in [0.4, 0.5) is 0 Å². The summed E-state index contributed by atoms with van der Waals surface area (Å²) >= 11 is 0. The summed E-state index contributed by atoms with van der Waals surface area (Å²) in [6.07, 6.45) is 3.58. The van der Waals surface area contributed by atoms with Gasteiger partial charge in [-0.25, -0.2) is 0 Å². The number of benzene rings is 1. The SMILES string of the molecule is Cc1ccc(C(C)(C)C2CCCOCN(C)CC(C)C2)cc1CN(C)CO. The Morgan fingerprint density at radius 1 is 1.33 bits per heavy atom. The van der Waals surface area contributed by atoms with Crippen molar-refractivity contribution >= 4 is 0 Å². The Kier molecular flexibility index (Phi) is 8.29. The molecule has 154 valence electrons. The minimum atomic E-state index is 0.0840. The molecule has 0 saturated carbocycles. The van der Waals surface area contributed by atoms with Crippen molar-refractivity contribution in [2.45, 2.75) is 58.9 Å². The Morgan fingerprint density at radius 3 is 2.78 bits per heavy atom. The van der Waals surface area contributed by atoms with E-state index in [-0.39, 0.29) is 12.1 Å². The lowest BCUT2D eigenvalue weighted by Gasteiger charge is -2.38. The fraction of sp³-hybridized carbons (Fsp3) is 0.739. The number of ether oxygens (including phenoxy) is 1. The second-order valence-corrected chi connectivity index (χ2v) is 9.27. The molecule has 4 heteroatoms. The topological polar surface area (TPSA) is 35.9 Å². The summed E-state index contributed by atoms with van der Waals surface area (Å²) in [5.74, 6) is 1.29. The van der Waals surface area contributed by atoms with Gasteiger partial charge in [0.25, 0.3) is 0 Å². The summed E-state index contributed by atoms with van der Waals surface area (Å²) in [4.78, 5) is 4.24. The van der Waals surface area contributed by atoms with E-state index in [0.717, 1.165) is 32.8 Å². The third-order valence-corrected chi connectivity index (χ3v) is 6.26. The maximum atomic E-state index is 9.39. The Labute approximate surface area is 166 Å². The molecule has 0 amide bonds. The van der Waals surface area contributed by atoms with Gasteiger partial charge in [-0.2, -0.15) is 0 Å². The number of rotatable bonds is 5. The number of nitrogens with zero attached hydrogens (tertiary/aromatic N) is 2. The van der Waals surface area contributed by atoms with E-state index in [9.17, 15) is 5.11 Å². The van der Waals surface area contributed by atoms with Crippen LogP contribution < -0.4 is 0 Å². The highest BCUT2D eigenvalue weighted by Crippen LogP contribution is 2.39. The fourth-order valence-electron chi connectivity index (χ4n) is 4.39. The maximum Gasteiger partial charge on any atom is 0.0987 e. The van der Waals surface area contributed by atoms with E-state index in [4.69, 9.17) is 4.74 Å². The average Bonchev–Trinajstić information content (AvgIpc) is 2.61. The smallest absolute Gasteiger partial charge is 0.0987 e. The highest BCUT2D eigenvalue weighted by Gasteiger charge is 2.33. The lowest BCUT2D eigenvalue weighted by atomic mass is 9.68. The predicted octanol–water partition coefficient (Wildman–Crippen LogP) is 4.00. The van der Waals surface area contributed by atoms with E-state index in [0.29, 0.717) is 11.8 Å². The van der Waals surface area contributed by atoms with Crippen LogP contribution >= 0.6 is 0 Å². The molecule has 1 saturated heterocycles. The van der Waals surface area contributed by atoms with E-state index < -0.39 is 0 Å². The lowest BCUT2D eigenvalue weighted by Crippen LogP contribution is -2.35. The molecule has 1 aromatic rings. The Balaban J connectivity index is 2.24. The highest BCUT2D eigenvalue weighted by molar-refractivity contribution is 5.35. The quantitative estimate of drug-likeness (QED) is 0.788. The van der Waals surface area contributed by atoms with Crippen molar-refractivity contribution in [3.8, 4) is 0 Å². The predicted molar refractivity (Wildman–Crippen MR) is 113 cm³/mol. The van der Waals surface area contributed by atoms with Crippen LogP contribution in [0.15, 0.2) is 18.2 Å². The van der Waals surface area contributed by atoms with Gasteiger partial charge in [0.1, 0.15) is 0 Å². The highest BCUT2D eigenvalue weighted by atomic mass is 16.5. The van der Waals surface area contributed by atoms with E-state index in [1.807, 2.05) is 11.9 Å². The Bertz CT molecular complexity index is 588. The van der Waals surface area contributed by atoms with Crippen LogP contribution in [0, 0.1) is 18.8 Å². The summed E-state index contributed by atoms with van der Waals surface area (Å²) in [5.41, 5.74) is 4.14. The standard InChI is InChI=1S/C23H40N2O2/c1-18-12-21(8-7-11-27-17-25(6)14-18)23(3,4)22-10-9-19(2)20(13-22)15-24(5)16-26/h9-10,13,18,21,26H,7-8,11-12,14-17H2,1-6H3. The van der Waals surface area contributed by atoms with E-state index >= 15 is 0 Å². The van der Waals surface area contributed by atoms with E-state index in [2.05, 4.69) is 57.8 Å². The first kappa shape index (κ1) is 22.4. The van der Waals surface area contributed by atoms with Gasteiger partial charge in [-0.1, -0.05) is 39.0 Å². The van der Waals surface area contributed by atoms with Crippen molar-refractivity contribution in [2.24, 2.45) is 11.8 Å². The van der Waals surface area contributed by atoms with Gasteiger partial charge in [0.15, 0.2) is 0 Å². The molecular formula is C23H40N2O2. The zero-order valence-corrected chi connectivity index (χ0v) is 18.3. The van der Waals surface area contributed by atoms with Crippen LogP contribution in [0.1, 0.15) is 56.7 Å². The molecule has 1 aromatic carbocycles. The van der Waals surface area contributed by atoms with Gasteiger partial charge in [-0.05, 0) is 74.2 Å². The van der Waals surface area contributed by atoms with Gasteiger partial charge < -0.3 is 9.84 Å². The minimum absolute atomic E-state index is 0.0840. The molecule has 2 rings (SSSR count). The molecule has 2 atom stereocenters. The number of aryl methyl sites for hydroxylation is 1. The molecule has 4 nitrogen and oxygen atoms in total. The minimum Gasteiger partial charge on any atom is -0.381 e. The van der Waals surface area contributed by atoms with E-state index in [1.165, 1.54) is 29.5 Å². The molecule has 2 unspecified atom stereocenters. The Hall–Kier alpha value is -0.940. The molecule has 27 heavy (non-hydrogen) atoms. The van der Waals surface area contributed by atoms with Gasteiger partial charge in [0.05, 0.1) is 13.5 Å². The first-order chi connectivity index (χ1) is 12.7. The molecule has 0 aromatic heterocycles.